The summed E-state index contributed by atoms with van der Waals surface area (Å²) in [7, 11) is 0. The number of rotatable bonds is 5. The summed E-state index contributed by atoms with van der Waals surface area (Å²) in [6.07, 6.45) is 3.85. The van der Waals surface area contributed by atoms with Crippen molar-refractivity contribution in [1.29, 1.82) is 0 Å². The normalized spacial score (nSPS) is 16.6. The summed E-state index contributed by atoms with van der Waals surface area (Å²) in [5.74, 6) is 7.40. The topological polar surface area (TPSA) is 15.3 Å². The van der Waals surface area contributed by atoms with Crippen LogP contribution in [-0.4, -0.2) is 37.6 Å². The van der Waals surface area contributed by atoms with Crippen LogP contribution in [0.3, 0.4) is 0 Å². The summed E-state index contributed by atoms with van der Waals surface area (Å²) in [5.41, 5.74) is 1.12. The molecule has 1 N–H and O–H groups in total. The summed E-state index contributed by atoms with van der Waals surface area (Å²) >= 11 is 0. The van der Waals surface area contributed by atoms with Crippen LogP contribution in [0.25, 0.3) is 0 Å². The average molecular weight is 270 g/mol. The highest BCUT2D eigenvalue weighted by Gasteiger charge is 2.17. The molecule has 0 bridgehead atoms. The van der Waals surface area contributed by atoms with E-state index in [0.29, 0.717) is 0 Å². The number of nitrogens with one attached hydrogen (secondary N) is 1. The third-order valence-electron chi connectivity index (χ3n) is 3.88. The predicted molar refractivity (Wildman–Crippen MR) is 85.6 cm³/mol. The van der Waals surface area contributed by atoms with Crippen LogP contribution in [-0.2, 0) is 0 Å². The van der Waals surface area contributed by atoms with Gasteiger partial charge >= 0.3 is 0 Å². The molecule has 0 atom stereocenters. The molecule has 1 aromatic rings. The van der Waals surface area contributed by atoms with Gasteiger partial charge in [0, 0.05) is 5.56 Å². The van der Waals surface area contributed by atoms with Gasteiger partial charge in [-0.3, -0.25) is 4.90 Å². The van der Waals surface area contributed by atoms with E-state index in [1.54, 1.807) is 0 Å². The minimum absolute atomic E-state index is 0.861. The maximum absolute atomic E-state index is 3.54. The fourth-order valence-electron chi connectivity index (χ4n) is 2.61. The van der Waals surface area contributed by atoms with Crippen LogP contribution < -0.4 is 5.32 Å². The number of benzene rings is 1. The van der Waals surface area contributed by atoms with E-state index in [9.17, 15) is 0 Å². The molecule has 0 amide bonds. The fraction of sp³-hybridized carbons (Fsp3) is 0.556. The molecule has 1 aliphatic rings. The van der Waals surface area contributed by atoms with Crippen molar-refractivity contribution in [3.8, 4) is 11.8 Å². The summed E-state index contributed by atoms with van der Waals surface area (Å²) in [5, 5.41) is 3.54. The molecule has 1 fully saturated rings. The number of hydrogen-bond donors (Lipinski definition) is 1. The molecule has 1 saturated heterocycles. The first kappa shape index (κ1) is 15.1. The van der Waals surface area contributed by atoms with Crippen molar-refractivity contribution in [2.75, 3.05) is 32.7 Å². The Bertz CT molecular complexity index is 422. The lowest BCUT2D eigenvalue weighted by molar-refractivity contribution is 0.201. The fourth-order valence-corrected chi connectivity index (χ4v) is 2.61. The Kier molecular flexibility index (Phi) is 6.63. The van der Waals surface area contributed by atoms with E-state index in [2.05, 4.69) is 41.1 Å². The minimum Gasteiger partial charge on any atom is -0.316 e. The van der Waals surface area contributed by atoms with E-state index in [4.69, 9.17) is 0 Å². The molecule has 0 saturated carbocycles. The Morgan fingerprint density at radius 1 is 1.20 bits per heavy atom. The molecular formula is C18H26N2. The number of piperidine rings is 1. The van der Waals surface area contributed by atoms with Crippen LogP contribution in [0.2, 0.25) is 0 Å². The highest BCUT2D eigenvalue weighted by Crippen LogP contribution is 2.15. The zero-order chi connectivity index (χ0) is 14.0. The monoisotopic (exact) mass is 270 g/mol. The Morgan fingerprint density at radius 2 is 1.95 bits per heavy atom. The van der Waals surface area contributed by atoms with E-state index >= 15 is 0 Å². The highest BCUT2D eigenvalue weighted by atomic mass is 15.1. The predicted octanol–water partition coefficient (Wildman–Crippen LogP) is 2.75. The molecule has 0 radical (unpaired) electrons. The van der Waals surface area contributed by atoms with Crippen LogP contribution in [0.15, 0.2) is 30.3 Å². The number of likely N-dealkylation sites (tertiary alicyclic amines) is 1. The highest BCUT2D eigenvalue weighted by molar-refractivity contribution is 5.33. The van der Waals surface area contributed by atoms with Crippen molar-refractivity contribution in [3.63, 3.8) is 0 Å². The lowest BCUT2D eigenvalue weighted by Gasteiger charge is -2.30. The number of nitrogens with zero attached hydrogens (tertiary/aromatic N) is 1. The third kappa shape index (κ3) is 5.36. The van der Waals surface area contributed by atoms with Crippen LogP contribution in [0.5, 0.6) is 0 Å². The second-order valence-corrected chi connectivity index (χ2v) is 5.59. The smallest absolute Gasteiger partial charge is 0.0605 e. The van der Waals surface area contributed by atoms with Crippen LogP contribution in [0.4, 0.5) is 0 Å². The van der Waals surface area contributed by atoms with Crippen molar-refractivity contribution in [3.05, 3.63) is 35.9 Å². The second kappa shape index (κ2) is 8.79. The van der Waals surface area contributed by atoms with Gasteiger partial charge in [0.25, 0.3) is 0 Å². The Labute approximate surface area is 123 Å². The molecule has 2 heteroatoms. The zero-order valence-electron chi connectivity index (χ0n) is 12.6. The van der Waals surface area contributed by atoms with Gasteiger partial charge in [0.2, 0.25) is 0 Å². The lowest BCUT2D eigenvalue weighted by atomic mass is 9.97. The molecule has 0 unspecified atom stereocenters. The van der Waals surface area contributed by atoms with Crippen molar-refractivity contribution in [1.82, 2.24) is 10.2 Å². The van der Waals surface area contributed by atoms with Gasteiger partial charge < -0.3 is 5.32 Å². The summed E-state index contributed by atoms with van der Waals surface area (Å²) < 4.78 is 0. The second-order valence-electron chi connectivity index (χ2n) is 5.59. The van der Waals surface area contributed by atoms with Crippen molar-refractivity contribution in [2.45, 2.75) is 26.2 Å². The summed E-state index contributed by atoms with van der Waals surface area (Å²) in [4.78, 5) is 2.48. The minimum atomic E-state index is 0.861. The maximum atomic E-state index is 3.54. The largest absolute Gasteiger partial charge is 0.316 e. The maximum Gasteiger partial charge on any atom is 0.0605 e. The van der Waals surface area contributed by atoms with E-state index in [1.807, 2.05) is 18.2 Å². The van der Waals surface area contributed by atoms with E-state index in [-0.39, 0.29) is 0 Å². The van der Waals surface area contributed by atoms with Gasteiger partial charge in [-0.1, -0.05) is 37.0 Å². The van der Waals surface area contributed by atoms with E-state index in [0.717, 1.165) is 24.6 Å². The SMILES string of the molecule is CCCNCC1CCN(CC#Cc2ccccc2)CC1. The van der Waals surface area contributed by atoms with Gasteiger partial charge in [-0.15, -0.1) is 0 Å². The Balaban J connectivity index is 1.66. The Hall–Kier alpha value is -1.30. The zero-order valence-corrected chi connectivity index (χ0v) is 12.6. The quantitative estimate of drug-likeness (QED) is 0.654. The first-order valence-corrected chi connectivity index (χ1v) is 7.85. The first-order valence-electron chi connectivity index (χ1n) is 7.85. The van der Waals surface area contributed by atoms with Gasteiger partial charge in [-0.25, -0.2) is 0 Å². The van der Waals surface area contributed by atoms with Gasteiger partial charge in [-0.2, -0.15) is 0 Å². The summed E-state index contributed by atoms with van der Waals surface area (Å²) in [6, 6.07) is 10.2. The number of hydrogen-bond acceptors (Lipinski definition) is 2. The van der Waals surface area contributed by atoms with Crippen LogP contribution >= 0.6 is 0 Å². The molecule has 108 valence electrons. The Morgan fingerprint density at radius 3 is 2.65 bits per heavy atom. The standard InChI is InChI=1S/C18H26N2/c1-2-12-19-16-18-10-14-20(15-11-18)13-6-9-17-7-4-3-5-8-17/h3-5,7-8,18-19H,2,10-16H2,1H3. The van der Waals surface area contributed by atoms with Gasteiger partial charge in [-0.05, 0) is 63.5 Å². The van der Waals surface area contributed by atoms with Gasteiger partial charge in [0.1, 0.15) is 0 Å². The molecule has 1 aromatic carbocycles. The molecule has 0 aliphatic carbocycles. The molecule has 0 spiro atoms. The molecular weight excluding hydrogens is 244 g/mol. The van der Waals surface area contributed by atoms with E-state index < -0.39 is 0 Å². The molecule has 0 aromatic heterocycles. The molecule has 1 aliphatic heterocycles. The van der Waals surface area contributed by atoms with Crippen molar-refractivity contribution in [2.24, 2.45) is 5.92 Å². The average Bonchev–Trinajstić information content (AvgIpc) is 2.50. The summed E-state index contributed by atoms with van der Waals surface area (Å²) in [6.45, 7) is 7.87. The van der Waals surface area contributed by atoms with Gasteiger partial charge in [0.05, 0.1) is 6.54 Å². The van der Waals surface area contributed by atoms with Gasteiger partial charge in [0.15, 0.2) is 0 Å². The van der Waals surface area contributed by atoms with Crippen LogP contribution in [0.1, 0.15) is 31.7 Å². The van der Waals surface area contributed by atoms with Crippen molar-refractivity contribution < 1.29 is 0 Å². The van der Waals surface area contributed by atoms with Crippen molar-refractivity contribution >= 4 is 0 Å². The lowest BCUT2D eigenvalue weighted by Crippen LogP contribution is -2.37. The van der Waals surface area contributed by atoms with Crippen LogP contribution in [0, 0.1) is 17.8 Å². The first-order chi connectivity index (χ1) is 9.88. The molecule has 20 heavy (non-hydrogen) atoms. The molecule has 2 nitrogen and oxygen atoms in total. The molecule has 1 heterocycles. The molecule has 2 rings (SSSR count). The third-order valence-corrected chi connectivity index (χ3v) is 3.88. The van der Waals surface area contributed by atoms with E-state index in [1.165, 1.54) is 38.9 Å².